The molecule has 0 amide bonds. The van der Waals surface area contributed by atoms with Gasteiger partial charge in [-0.2, -0.15) is 0 Å². The van der Waals surface area contributed by atoms with Gasteiger partial charge in [0.1, 0.15) is 0 Å². The first kappa shape index (κ1) is 15.7. The number of hydrogen-bond donors (Lipinski definition) is 0. The van der Waals surface area contributed by atoms with E-state index in [0.717, 1.165) is 0 Å². The fourth-order valence-electron chi connectivity index (χ4n) is 2.83. The van der Waals surface area contributed by atoms with Crippen molar-refractivity contribution < 1.29 is 8.83 Å². The lowest BCUT2D eigenvalue weighted by Gasteiger charge is -1.99. The number of nitrogens with zero attached hydrogens (tertiary/aromatic N) is 2. The van der Waals surface area contributed by atoms with Gasteiger partial charge >= 0.3 is 11.3 Å². The molecular weight excluding hydrogens is 364 g/mol. The smallest absolute Gasteiger partial charge is 0.347 e. The minimum absolute atomic E-state index is 0.212. The van der Waals surface area contributed by atoms with Crippen molar-refractivity contribution in [3.63, 3.8) is 0 Å². The van der Waals surface area contributed by atoms with Crippen LogP contribution < -0.4 is 11.3 Å². The summed E-state index contributed by atoms with van der Waals surface area (Å²) < 4.78 is 10.7. The molecule has 2 aromatic carbocycles. The molecule has 5 rings (SSSR count). The molecule has 0 aliphatic rings. The number of thiophene rings is 1. The molecule has 0 N–H and O–H groups in total. The summed E-state index contributed by atoms with van der Waals surface area (Å²) in [5.41, 5.74) is 0.857. The van der Waals surface area contributed by atoms with E-state index in [2.05, 4.69) is 9.97 Å². The molecule has 0 spiro atoms. The fourth-order valence-corrected chi connectivity index (χ4v) is 3.63. The number of benzene rings is 2. The standard InChI is InChI=1S/C20H10N2O4S/c23-19-12-5-1-3-7-14(12)21-17(25-19)11-9-16(27-10-11)18-22-15-8-4-2-6-13(15)20(24)26-18/h1-10H. The number of rotatable bonds is 2. The maximum atomic E-state index is 12.2. The van der Waals surface area contributed by atoms with Crippen molar-refractivity contribution in [2.75, 3.05) is 0 Å². The summed E-state index contributed by atoms with van der Waals surface area (Å²) in [6.45, 7) is 0. The molecule has 5 aromatic rings. The summed E-state index contributed by atoms with van der Waals surface area (Å²) in [5.74, 6) is 0.433. The Balaban J connectivity index is 1.63. The topological polar surface area (TPSA) is 86.2 Å². The highest BCUT2D eigenvalue weighted by Gasteiger charge is 2.14. The van der Waals surface area contributed by atoms with E-state index in [1.807, 2.05) is 12.1 Å². The van der Waals surface area contributed by atoms with Crippen LogP contribution in [0.5, 0.6) is 0 Å². The molecule has 7 heteroatoms. The van der Waals surface area contributed by atoms with Crippen molar-refractivity contribution >= 4 is 33.1 Å². The van der Waals surface area contributed by atoms with Crippen molar-refractivity contribution in [1.29, 1.82) is 0 Å². The minimum Gasteiger partial charge on any atom is -0.403 e. The highest BCUT2D eigenvalue weighted by molar-refractivity contribution is 7.13. The van der Waals surface area contributed by atoms with Crippen LogP contribution in [-0.4, -0.2) is 9.97 Å². The van der Waals surface area contributed by atoms with Crippen LogP contribution in [0.25, 0.3) is 44.0 Å². The van der Waals surface area contributed by atoms with Gasteiger partial charge in [-0.25, -0.2) is 19.6 Å². The van der Waals surface area contributed by atoms with Crippen molar-refractivity contribution in [3.8, 4) is 22.2 Å². The van der Waals surface area contributed by atoms with Gasteiger partial charge in [-0.3, -0.25) is 0 Å². The molecule has 0 saturated carbocycles. The van der Waals surface area contributed by atoms with Crippen LogP contribution in [0.3, 0.4) is 0 Å². The Morgan fingerprint density at radius 3 is 1.96 bits per heavy atom. The van der Waals surface area contributed by atoms with E-state index >= 15 is 0 Å². The van der Waals surface area contributed by atoms with Crippen molar-refractivity contribution in [3.05, 3.63) is 80.8 Å². The largest absolute Gasteiger partial charge is 0.403 e. The summed E-state index contributed by atoms with van der Waals surface area (Å²) in [5, 5.41) is 2.64. The predicted molar refractivity (Wildman–Crippen MR) is 103 cm³/mol. The molecule has 130 valence electrons. The van der Waals surface area contributed by atoms with Crippen LogP contribution >= 0.6 is 11.3 Å². The Labute approximate surface area is 155 Å². The average molecular weight is 374 g/mol. The predicted octanol–water partition coefficient (Wildman–Crippen LogP) is 4.08. The first-order valence-electron chi connectivity index (χ1n) is 8.08. The Bertz CT molecular complexity index is 1320. The highest BCUT2D eigenvalue weighted by atomic mass is 32.1. The van der Waals surface area contributed by atoms with Gasteiger partial charge in [-0.1, -0.05) is 24.3 Å². The second-order valence-electron chi connectivity index (χ2n) is 5.85. The average Bonchev–Trinajstić information content (AvgIpc) is 3.18. The van der Waals surface area contributed by atoms with E-state index in [1.54, 1.807) is 47.8 Å². The van der Waals surface area contributed by atoms with E-state index in [-0.39, 0.29) is 11.8 Å². The molecule has 0 atom stereocenters. The lowest BCUT2D eigenvalue weighted by molar-refractivity contribution is 0.517. The van der Waals surface area contributed by atoms with Crippen molar-refractivity contribution in [2.24, 2.45) is 0 Å². The molecule has 3 heterocycles. The Morgan fingerprint density at radius 1 is 0.741 bits per heavy atom. The van der Waals surface area contributed by atoms with Crippen LogP contribution in [0, 0.1) is 0 Å². The van der Waals surface area contributed by atoms with Crippen molar-refractivity contribution in [1.82, 2.24) is 9.97 Å². The van der Waals surface area contributed by atoms with Gasteiger partial charge in [0.05, 0.1) is 26.7 Å². The summed E-state index contributed by atoms with van der Waals surface area (Å²) in [7, 11) is 0. The molecule has 3 aromatic heterocycles. The zero-order valence-corrected chi connectivity index (χ0v) is 14.5. The molecule has 6 nitrogen and oxygen atoms in total. The van der Waals surface area contributed by atoms with Gasteiger partial charge in [0.2, 0.25) is 11.8 Å². The Kier molecular flexibility index (Phi) is 3.48. The van der Waals surface area contributed by atoms with Crippen molar-refractivity contribution in [2.45, 2.75) is 0 Å². The van der Waals surface area contributed by atoms with Crippen LogP contribution in [0.1, 0.15) is 0 Å². The normalized spacial score (nSPS) is 11.3. The summed E-state index contributed by atoms with van der Waals surface area (Å²) in [6, 6.07) is 15.7. The van der Waals surface area contributed by atoms with Gasteiger partial charge in [0.15, 0.2) is 0 Å². The number of para-hydroxylation sites is 2. The summed E-state index contributed by atoms with van der Waals surface area (Å²) in [4.78, 5) is 33.8. The number of aromatic nitrogens is 2. The molecule has 0 fully saturated rings. The second-order valence-corrected chi connectivity index (χ2v) is 6.76. The van der Waals surface area contributed by atoms with Gasteiger partial charge in [-0.15, -0.1) is 11.3 Å². The minimum atomic E-state index is -0.446. The SMILES string of the molecule is O=c1oc(-c2csc(-c3nc4ccccc4c(=O)o3)c2)nc2ccccc12. The molecule has 0 unspecified atom stereocenters. The van der Waals surface area contributed by atoms with Gasteiger partial charge in [0.25, 0.3) is 0 Å². The van der Waals surface area contributed by atoms with Gasteiger partial charge in [0, 0.05) is 10.9 Å². The zero-order valence-electron chi connectivity index (χ0n) is 13.7. The maximum absolute atomic E-state index is 12.2. The molecule has 0 aliphatic heterocycles. The third-order valence-electron chi connectivity index (χ3n) is 4.13. The fraction of sp³-hybridized carbons (Fsp3) is 0. The number of hydrogen-bond acceptors (Lipinski definition) is 7. The maximum Gasteiger partial charge on any atom is 0.347 e. The van der Waals surface area contributed by atoms with Crippen LogP contribution in [-0.2, 0) is 0 Å². The second kappa shape index (κ2) is 6.00. The quantitative estimate of drug-likeness (QED) is 0.463. The first-order valence-corrected chi connectivity index (χ1v) is 8.96. The first-order chi connectivity index (χ1) is 13.2. The highest BCUT2D eigenvalue weighted by Crippen LogP contribution is 2.31. The van der Waals surface area contributed by atoms with Crippen LogP contribution in [0.15, 0.2) is 78.4 Å². The zero-order chi connectivity index (χ0) is 18.4. The van der Waals surface area contributed by atoms with E-state index < -0.39 is 11.3 Å². The lowest BCUT2D eigenvalue weighted by Crippen LogP contribution is -2.02. The van der Waals surface area contributed by atoms with E-state index in [0.29, 0.717) is 32.2 Å². The van der Waals surface area contributed by atoms with Crippen LogP contribution in [0.4, 0.5) is 0 Å². The Morgan fingerprint density at radius 2 is 1.30 bits per heavy atom. The third-order valence-corrected chi connectivity index (χ3v) is 5.05. The van der Waals surface area contributed by atoms with Gasteiger partial charge in [-0.05, 0) is 30.3 Å². The van der Waals surface area contributed by atoms with Gasteiger partial charge < -0.3 is 8.83 Å². The number of fused-ring (bicyclic) bond motifs is 2. The molecule has 0 radical (unpaired) electrons. The molecular formula is C20H10N2O4S. The third kappa shape index (κ3) is 2.65. The Hall–Kier alpha value is -3.58. The van der Waals surface area contributed by atoms with E-state index in [1.165, 1.54) is 11.3 Å². The van der Waals surface area contributed by atoms with E-state index in [9.17, 15) is 9.59 Å². The monoisotopic (exact) mass is 374 g/mol. The van der Waals surface area contributed by atoms with E-state index in [4.69, 9.17) is 8.83 Å². The molecule has 0 aliphatic carbocycles. The summed E-state index contributed by atoms with van der Waals surface area (Å²) in [6.07, 6.45) is 0. The molecule has 27 heavy (non-hydrogen) atoms. The summed E-state index contributed by atoms with van der Waals surface area (Å²) >= 11 is 1.33. The molecule has 0 bridgehead atoms. The molecule has 0 saturated heterocycles. The van der Waals surface area contributed by atoms with Crippen LogP contribution in [0.2, 0.25) is 0 Å². The lowest BCUT2D eigenvalue weighted by atomic mass is 10.2.